The van der Waals surface area contributed by atoms with E-state index in [4.69, 9.17) is 11.6 Å². The second kappa shape index (κ2) is 8.16. The monoisotopic (exact) mass is 361 g/mol. The highest BCUT2D eigenvalue weighted by Crippen LogP contribution is 2.25. The number of rotatable bonds is 6. The van der Waals surface area contributed by atoms with E-state index in [-0.39, 0.29) is 34.0 Å². The van der Waals surface area contributed by atoms with Crippen LogP contribution >= 0.6 is 11.6 Å². The number of hydrogen-bond acceptors (Lipinski definition) is 4. The lowest BCUT2D eigenvalue weighted by molar-refractivity contribution is -0.123. The van der Waals surface area contributed by atoms with Gasteiger partial charge in [-0.1, -0.05) is 25.4 Å². The van der Waals surface area contributed by atoms with E-state index in [1.54, 1.807) is 13.8 Å². The minimum atomic E-state index is -3.39. The maximum absolute atomic E-state index is 11.8. The Balaban J connectivity index is 2.56. The first-order valence-corrected chi connectivity index (χ1v) is 9.20. The van der Waals surface area contributed by atoms with E-state index in [9.17, 15) is 18.0 Å². The molecule has 9 heteroatoms. The maximum atomic E-state index is 11.8. The van der Waals surface area contributed by atoms with Crippen LogP contribution in [0.3, 0.4) is 0 Å². The van der Waals surface area contributed by atoms with Crippen molar-refractivity contribution in [2.75, 3.05) is 24.7 Å². The number of carbonyl (C=O) groups excluding carboxylic acids is 2. The molecule has 0 fully saturated rings. The summed E-state index contributed by atoms with van der Waals surface area (Å²) in [4.78, 5) is 23.2. The zero-order valence-electron chi connectivity index (χ0n) is 13.1. The Bertz CT molecular complexity index is 689. The fraction of sp³-hybridized carbons (Fsp3) is 0.429. The van der Waals surface area contributed by atoms with Gasteiger partial charge in [0, 0.05) is 25.3 Å². The van der Waals surface area contributed by atoms with Gasteiger partial charge in [-0.15, -0.1) is 0 Å². The van der Waals surface area contributed by atoms with Crippen LogP contribution in [0.15, 0.2) is 23.1 Å². The molecule has 1 rings (SSSR count). The molecule has 0 radical (unpaired) electrons. The lowest BCUT2D eigenvalue weighted by Gasteiger charge is -2.11. The van der Waals surface area contributed by atoms with E-state index in [1.807, 2.05) is 0 Å². The van der Waals surface area contributed by atoms with E-state index in [0.717, 1.165) is 6.26 Å². The first kappa shape index (κ1) is 19.2. The second-order valence-corrected chi connectivity index (χ2v) is 7.66. The average molecular weight is 362 g/mol. The molecule has 0 aliphatic heterocycles. The Labute approximate surface area is 140 Å². The van der Waals surface area contributed by atoms with Crippen molar-refractivity contribution in [1.82, 2.24) is 10.6 Å². The predicted octanol–water partition coefficient (Wildman–Crippen LogP) is 1.64. The molecule has 0 bridgehead atoms. The molecule has 0 aliphatic rings. The summed E-state index contributed by atoms with van der Waals surface area (Å²) in [7, 11) is -3.39. The van der Waals surface area contributed by atoms with Gasteiger partial charge in [-0.05, 0) is 18.2 Å². The summed E-state index contributed by atoms with van der Waals surface area (Å²) in [5.41, 5.74) is 0.193. The maximum Gasteiger partial charge on any atom is 0.319 e. The van der Waals surface area contributed by atoms with Gasteiger partial charge in [0.2, 0.25) is 5.91 Å². The van der Waals surface area contributed by atoms with Crippen molar-refractivity contribution < 1.29 is 18.0 Å². The van der Waals surface area contributed by atoms with E-state index < -0.39 is 15.9 Å². The summed E-state index contributed by atoms with van der Waals surface area (Å²) >= 11 is 5.93. The Morgan fingerprint density at radius 2 is 1.78 bits per heavy atom. The number of carbonyl (C=O) groups is 2. The Morgan fingerprint density at radius 3 is 2.35 bits per heavy atom. The molecule has 23 heavy (non-hydrogen) atoms. The molecule has 3 N–H and O–H groups in total. The van der Waals surface area contributed by atoms with E-state index in [2.05, 4.69) is 16.0 Å². The summed E-state index contributed by atoms with van der Waals surface area (Å²) in [5, 5.41) is 7.89. The number of benzene rings is 1. The van der Waals surface area contributed by atoms with Gasteiger partial charge in [0.15, 0.2) is 9.84 Å². The summed E-state index contributed by atoms with van der Waals surface area (Å²) in [6, 6.07) is 3.51. The summed E-state index contributed by atoms with van der Waals surface area (Å²) < 4.78 is 23.0. The number of amides is 3. The van der Waals surface area contributed by atoms with Gasteiger partial charge in [0.1, 0.15) is 0 Å². The molecule has 0 saturated carbocycles. The van der Waals surface area contributed by atoms with Crippen LogP contribution in [0.2, 0.25) is 5.02 Å². The van der Waals surface area contributed by atoms with Gasteiger partial charge in [-0.2, -0.15) is 0 Å². The standard InChI is InChI=1S/C14H20ClN3O4S/c1-9(2)13(19)16-6-7-17-14(20)18-12-8-10(23(3,21)22)4-5-11(12)15/h4-5,8-9H,6-7H2,1-3H3,(H,16,19)(H2,17,18,20). The van der Waals surface area contributed by atoms with E-state index >= 15 is 0 Å². The second-order valence-electron chi connectivity index (χ2n) is 5.24. The highest BCUT2D eigenvalue weighted by molar-refractivity contribution is 7.90. The van der Waals surface area contributed by atoms with Gasteiger partial charge in [0.25, 0.3) is 0 Å². The molecule has 0 unspecified atom stereocenters. The number of sulfone groups is 1. The van der Waals surface area contributed by atoms with Gasteiger partial charge in [-0.3, -0.25) is 4.79 Å². The van der Waals surface area contributed by atoms with Crippen molar-refractivity contribution >= 4 is 39.1 Å². The van der Waals surface area contributed by atoms with Crippen molar-refractivity contribution in [3.8, 4) is 0 Å². The van der Waals surface area contributed by atoms with Crippen molar-refractivity contribution in [3.63, 3.8) is 0 Å². The number of nitrogens with one attached hydrogen (secondary N) is 3. The Morgan fingerprint density at radius 1 is 1.17 bits per heavy atom. The molecule has 0 aliphatic carbocycles. The van der Waals surface area contributed by atoms with Crippen LogP contribution in [-0.2, 0) is 14.6 Å². The quantitative estimate of drug-likeness (QED) is 0.670. The first-order chi connectivity index (χ1) is 10.6. The van der Waals surface area contributed by atoms with Crippen LogP contribution < -0.4 is 16.0 Å². The smallest absolute Gasteiger partial charge is 0.319 e. The van der Waals surface area contributed by atoms with Gasteiger partial charge in [0.05, 0.1) is 15.6 Å². The lowest BCUT2D eigenvalue weighted by Crippen LogP contribution is -2.38. The van der Waals surface area contributed by atoms with Crippen LogP contribution in [0.25, 0.3) is 0 Å². The molecule has 1 aromatic rings. The van der Waals surface area contributed by atoms with Crippen LogP contribution in [0.1, 0.15) is 13.8 Å². The molecule has 0 aromatic heterocycles. The third kappa shape index (κ3) is 6.45. The molecule has 7 nitrogen and oxygen atoms in total. The molecule has 128 valence electrons. The fourth-order valence-electron chi connectivity index (χ4n) is 1.56. The van der Waals surface area contributed by atoms with E-state index in [1.165, 1.54) is 18.2 Å². The highest BCUT2D eigenvalue weighted by atomic mass is 35.5. The average Bonchev–Trinajstić information content (AvgIpc) is 2.44. The molecule has 0 heterocycles. The van der Waals surface area contributed by atoms with Crippen LogP contribution in [0.4, 0.5) is 10.5 Å². The van der Waals surface area contributed by atoms with Crippen LogP contribution in [0.5, 0.6) is 0 Å². The topological polar surface area (TPSA) is 104 Å². The number of urea groups is 1. The molecule has 0 saturated heterocycles. The third-order valence-corrected chi connectivity index (χ3v) is 4.29. The fourth-order valence-corrected chi connectivity index (χ4v) is 2.38. The van der Waals surface area contributed by atoms with Crippen molar-refractivity contribution in [2.45, 2.75) is 18.7 Å². The Hall–Kier alpha value is -1.80. The van der Waals surface area contributed by atoms with Crippen molar-refractivity contribution in [2.24, 2.45) is 5.92 Å². The van der Waals surface area contributed by atoms with Crippen molar-refractivity contribution in [3.05, 3.63) is 23.2 Å². The Kier molecular flexibility index (Phi) is 6.83. The lowest BCUT2D eigenvalue weighted by atomic mass is 10.2. The molecule has 1 aromatic carbocycles. The minimum absolute atomic E-state index is 0.0568. The zero-order chi connectivity index (χ0) is 17.6. The van der Waals surface area contributed by atoms with Crippen LogP contribution in [-0.4, -0.2) is 39.7 Å². The van der Waals surface area contributed by atoms with Gasteiger partial charge < -0.3 is 16.0 Å². The molecular formula is C14H20ClN3O4S. The predicted molar refractivity (Wildman–Crippen MR) is 89.4 cm³/mol. The largest absolute Gasteiger partial charge is 0.354 e. The molecule has 0 atom stereocenters. The third-order valence-electron chi connectivity index (χ3n) is 2.85. The summed E-state index contributed by atoms with van der Waals surface area (Å²) in [5.74, 6) is -0.225. The van der Waals surface area contributed by atoms with Gasteiger partial charge in [-0.25, -0.2) is 13.2 Å². The molecular weight excluding hydrogens is 342 g/mol. The van der Waals surface area contributed by atoms with Crippen LogP contribution in [0, 0.1) is 5.92 Å². The number of halogens is 1. The number of hydrogen-bond donors (Lipinski definition) is 3. The van der Waals surface area contributed by atoms with E-state index in [0.29, 0.717) is 6.54 Å². The SMILES string of the molecule is CC(C)C(=O)NCCNC(=O)Nc1cc(S(C)(=O)=O)ccc1Cl. The summed E-state index contributed by atoms with van der Waals surface area (Å²) in [6.45, 7) is 4.06. The zero-order valence-corrected chi connectivity index (χ0v) is 14.7. The normalized spacial score (nSPS) is 11.2. The molecule has 0 spiro atoms. The summed E-state index contributed by atoms with van der Waals surface area (Å²) in [6.07, 6.45) is 1.07. The van der Waals surface area contributed by atoms with Crippen molar-refractivity contribution in [1.29, 1.82) is 0 Å². The first-order valence-electron chi connectivity index (χ1n) is 6.93. The highest BCUT2D eigenvalue weighted by Gasteiger charge is 2.12. The molecule has 3 amide bonds. The minimum Gasteiger partial charge on any atom is -0.354 e. The number of anilines is 1. The van der Waals surface area contributed by atoms with Gasteiger partial charge >= 0.3 is 6.03 Å².